The summed E-state index contributed by atoms with van der Waals surface area (Å²) in [5.41, 5.74) is 1.93. The summed E-state index contributed by atoms with van der Waals surface area (Å²) < 4.78 is 28.9. The predicted octanol–water partition coefficient (Wildman–Crippen LogP) is 2.17. The Hall–Kier alpha value is -1.87. The van der Waals surface area contributed by atoms with E-state index in [1.165, 1.54) is 11.8 Å². The monoisotopic (exact) mass is 395 g/mol. The van der Waals surface area contributed by atoms with Crippen LogP contribution < -0.4 is 0 Å². The maximum atomic E-state index is 12.5. The van der Waals surface area contributed by atoms with E-state index < -0.39 is 9.84 Å². The van der Waals surface area contributed by atoms with Crippen LogP contribution in [0.5, 0.6) is 0 Å². The number of aryl methyl sites for hydroxylation is 1. The lowest BCUT2D eigenvalue weighted by molar-refractivity contribution is -0.129. The van der Waals surface area contributed by atoms with Gasteiger partial charge in [0.05, 0.1) is 17.3 Å². The highest BCUT2D eigenvalue weighted by Gasteiger charge is 2.33. The fourth-order valence-corrected chi connectivity index (χ4v) is 5.41. The molecular formula is C17H21N3O4S2. The summed E-state index contributed by atoms with van der Waals surface area (Å²) in [6, 6.07) is 7.51. The van der Waals surface area contributed by atoms with Crippen molar-refractivity contribution in [2.24, 2.45) is 0 Å². The minimum Gasteiger partial charge on any atom is -0.411 e. The molecule has 0 saturated carbocycles. The van der Waals surface area contributed by atoms with Gasteiger partial charge in [-0.3, -0.25) is 4.79 Å². The largest absolute Gasteiger partial charge is 0.411 e. The Morgan fingerprint density at radius 2 is 2.19 bits per heavy atom. The summed E-state index contributed by atoms with van der Waals surface area (Å²) >= 11 is 1.17. The van der Waals surface area contributed by atoms with Crippen molar-refractivity contribution < 1.29 is 17.6 Å². The summed E-state index contributed by atoms with van der Waals surface area (Å²) in [6.07, 6.45) is 0.505. The van der Waals surface area contributed by atoms with E-state index in [2.05, 4.69) is 10.2 Å². The van der Waals surface area contributed by atoms with Crippen LogP contribution in [0.2, 0.25) is 0 Å². The SMILES string of the molecule is CCN(C(=O)CSc1nnc(-c2cccc(C)c2)o1)[C@@H]1CCS(=O)(=O)C1. The Kier molecular flexibility index (Phi) is 5.67. The molecule has 140 valence electrons. The van der Waals surface area contributed by atoms with Crippen molar-refractivity contribution in [3.63, 3.8) is 0 Å². The molecule has 3 rings (SSSR count). The number of benzene rings is 1. The van der Waals surface area contributed by atoms with Gasteiger partial charge in [-0.25, -0.2) is 8.42 Å². The smallest absolute Gasteiger partial charge is 0.277 e. The molecule has 1 aromatic carbocycles. The second-order valence-corrected chi connectivity index (χ2v) is 9.42. The minimum atomic E-state index is -3.02. The van der Waals surface area contributed by atoms with E-state index in [0.29, 0.717) is 24.1 Å². The molecular weight excluding hydrogens is 374 g/mol. The number of nitrogens with zero attached hydrogens (tertiary/aromatic N) is 3. The first-order valence-electron chi connectivity index (χ1n) is 8.41. The molecule has 2 heterocycles. The van der Waals surface area contributed by atoms with E-state index in [4.69, 9.17) is 4.42 Å². The first-order chi connectivity index (χ1) is 12.4. The van der Waals surface area contributed by atoms with Crippen molar-refractivity contribution in [1.82, 2.24) is 15.1 Å². The van der Waals surface area contributed by atoms with Gasteiger partial charge in [0.25, 0.3) is 5.22 Å². The molecule has 1 amide bonds. The Morgan fingerprint density at radius 1 is 1.38 bits per heavy atom. The van der Waals surface area contributed by atoms with Crippen molar-refractivity contribution in [2.45, 2.75) is 31.5 Å². The normalized spacial score (nSPS) is 18.8. The number of aromatic nitrogens is 2. The van der Waals surface area contributed by atoms with Gasteiger partial charge < -0.3 is 9.32 Å². The molecule has 1 atom stereocenters. The van der Waals surface area contributed by atoms with Gasteiger partial charge in [0, 0.05) is 18.2 Å². The van der Waals surface area contributed by atoms with Gasteiger partial charge in [-0.1, -0.05) is 29.5 Å². The van der Waals surface area contributed by atoms with Crippen molar-refractivity contribution >= 4 is 27.5 Å². The second kappa shape index (κ2) is 7.79. The van der Waals surface area contributed by atoms with Crippen LogP contribution >= 0.6 is 11.8 Å². The second-order valence-electron chi connectivity index (χ2n) is 6.27. The third-order valence-electron chi connectivity index (χ3n) is 4.30. The third kappa shape index (κ3) is 4.45. The topological polar surface area (TPSA) is 93.4 Å². The van der Waals surface area contributed by atoms with E-state index in [1.54, 1.807) is 4.90 Å². The fourth-order valence-electron chi connectivity index (χ4n) is 3.03. The molecule has 1 aliphatic heterocycles. The molecule has 0 aliphatic carbocycles. The molecule has 7 nitrogen and oxygen atoms in total. The zero-order chi connectivity index (χ0) is 18.7. The first kappa shape index (κ1) is 18.9. The van der Waals surface area contributed by atoms with Gasteiger partial charge in [-0.15, -0.1) is 10.2 Å². The van der Waals surface area contributed by atoms with Gasteiger partial charge in [0.1, 0.15) is 0 Å². The lowest BCUT2D eigenvalue weighted by Crippen LogP contribution is -2.41. The third-order valence-corrected chi connectivity index (χ3v) is 6.85. The Morgan fingerprint density at radius 3 is 2.85 bits per heavy atom. The molecule has 1 fully saturated rings. The number of amides is 1. The van der Waals surface area contributed by atoms with E-state index in [0.717, 1.165) is 11.1 Å². The fraction of sp³-hybridized carbons (Fsp3) is 0.471. The minimum absolute atomic E-state index is 0.0509. The zero-order valence-electron chi connectivity index (χ0n) is 14.7. The number of rotatable bonds is 6. The van der Waals surface area contributed by atoms with Crippen molar-refractivity contribution in [3.05, 3.63) is 29.8 Å². The number of hydrogen-bond acceptors (Lipinski definition) is 7. The maximum Gasteiger partial charge on any atom is 0.277 e. The van der Waals surface area contributed by atoms with Crippen LogP contribution in [-0.2, 0) is 14.6 Å². The molecule has 0 bridgehead atoms. The number of hydrogen-bond donors (Lipinski definition) is 0. The van der Waals surface area contributed by atoms with E-state index in [1.807, 2.05) is 38.1 Å². The van der Waals surface area contributed by atoms with Gasteiger partial charge >= 0.3 is 0 Å². The van der Waals surface area contributed by atoms with Gasteiger partial charge in [0.2, 0.25) is 11.8 Å². The molecule has 1 aliphatic rings. The highest BCUT2D eigenvalue weighted by atomic mass is 32.2. The van der Waals surface area contributed by atoms with Crippen LogP contribution in [0.25, 0.3) is 11.5 Å². The number of carbonyl (C=O) groups excluding carboxylic acids is 1. The Balaban J connectivity index is 1.61. The molecule has 9 heteroatoms. The van der Waals surface area contributed by atoms with E-state index >= 15 is 0 Å². The van der Waals surface area contributed by atoms with Crippen molar-refractivity contribution in [3.8, 4) is 11.5 Å². The molecule has 2 aromatic rings. The molecule has 0 radical (unpaired) electrons. The Labute approximate surface area is 157 Å². The molecule has 0 unspecified atom stereocenters. The number of thioether (sulfide) groups is 1. The maximum absolute atomic E-state index is 12.5. The average molecular weight is 396 g/mol. The van der Waals surface area contributed by atoms with Crippen LogP contribution in [0.15, 0.2) is 33.9 Å². The standard InChI is InChI=1S/C17H21N3O4S2/c1-3-20(14-7-8-26(22,23)11-14)15(21)10-25-17-19-18-16(24-17)13-6-4-5-12(2)9-13/h4-6,9,14H,3,7-8,10-11H2,1-2H3/t14-/m1/s1. The number of sulfone groups is 1. The van der Waals surface area contributed by atoms with Crippen molar-refractivity contribution in [1.29, 1.82) is 0 Å². The van der Waals surface area contributed by atoms with E-state index in [-0.39, 0.29) is 29.2 Å². The van der Waals surface area contributed by atoms with Gasteiger partial charge in [-0.05, 0) is 32.4 Å². The average Bonchev–Trinajstić information content (AvgIpc) is 3.20. The summed E-state index contributed by atoms with van der Waals surface area (Å²) in [7, 11) is -3.02. The quantitative estimate of drug-likeness (QED) is 0.692. The van der Waals surface area contributed by atoms with Crippen LogP contribution in [0, 0.1) is 6.92 Å². The molecule has 0 N–H and O–H groups in total. The van der Waals surface area contributed by atoms with Crippen LogP contribution in [-0.4, -0.2) is 59.3 Å². The van der Waals surface area contributed by atoms with Crippen LogP contribution in [0.4, 0.5) is 0 Å². The highest BCUT2D eigenvalue weighted by Crippen LogP contribution is 2.25. The van der Waals surface area contributed by atoms with E-state index in [9.17, 15) is 13.2 Å². The lowest BCUT2D eigenvalue weighted by Gasteiger charge is -2.26. The van der Waals surface area contributed by atoms with Crippen molar-refractivity contribution in [2.75, 3.05) is 23.8 Å². The van der Waals surface area contributed by atoms with Gasteiger partial charge in [-0.2, -0.15) is 0 Å². The number of carbonyl (C=O) groups is 1. The summed E-state index contributed by atoms with van der Waals surface area (Å²) in [6.45, 7) is 4.32. The highest BCUT2D eigenvalue weighted by molar-refractivity contribution is 7.99. The van der Waals surface area contributed by atoms with Crippen LogP contribution in [0.3, 0.4) is 0 Å². The lowest BCUT2D eigenvalue weighted by atomic mass is 10.1. The zero-order valence-corrected chi connectivity index (χ0v) is 16.3. The predicted molar refractivity (Wildman–Crippen MR) is 99.6 cm³/mol. The summed E-state index contributed by atoms with van der Waals surface area (Å²) in [5, 5.41) is 8.33. The molecule has 1 aromatic heterocycles. The summed E-state index contributed by atoms with van der Waals surface area (Å²) in [5.74, 6) is 0.639. The summed E-state index contributed by atoms with van der Waals surface area (Å²) in [4.78, 5) is 14.1. The molecule has 0 spiro atoms. The van der Waals surface area contributed by atoms with Gasteiger partial charge in [0.15, 0.2) is 9.84 Å². The first-order valence-corrected chi connectivity index (χ1v) is 11.2. The van der Waals surface area contributed by atoms with Crippen LogP contribution in [0.1, 0.15) is 18.9 Å². The molecule has 26 heavy (non-hydrogen) atoms. The molecule has 1 saturated heterocycles. The Bertz CT molecular complexity index is 895.